The Morgan fingerprint density at radius 1 is 1.09 bits per heavy atom. The first-order valence-corrected chi connectivity index (χ1v) is 9.13. The molecule has 0 saturated heterocycles. The molecular formula is C17H16BrN3S. The van der Waals surface area contributed by atoms with Crippen LogP contribution in [0, 0.1) is 6.92 Å². The Morgan fingerprint density at radius 2 is 1.86 bits per heavy atom. The van der Waals surface area contributed by atoms with Gasteiger partial charge in [0.25, 0.3) is 0 Å². The van der Waals surface area contributed by atoms with Crippen LogP contribution in [0.2, 0.25) is 0 Å². The lowest BCUT2D eigenvalue weighted by Crippen LogP contribution is -2.02. The highest BCUT2D eigenvalue weighted by Crippen LogP contribution is 2.39. The molecule has 0 amide bonds. The van der Waals surface area contributed by atoms with Crippen molar-refractivity contribution in [3.63, 3.8) is 0 Å². The van der Waals surface area contributed by atoms with Gasteiger partial charge in [0.1, 0.15) is 16.5 Å². The summed E-state index contributed by atoms with van der Waals surface area (Å²) in [5.41, 5.74) is 2.52. The second kappa shape index (κ2) is 5.63. The number of aromatic nitrogens is 2. The summed E-state index contributed by atoms with van der Waals surface area (Å²) in [5.74, 6) is 1.77. The third-order valence-electron chi connectivity index (χ3n) is 4.03. The first-order chi connectivity index (χ1) is 10.7. The van der Waals surface area contributed by atoms with Crippen molar-refractivity contribution in [1.82, 2.24) is 9.97 Å². The lowest BCUT2D eigenvalue weighted by Gasteiger charge is -2.13. The van der Waals surface area contributed by atoms with Crippen LogP contribution in [0.4, 0.5) is 11.5 Å². The molecule has 1 N–H and O–H groups in total. The summed E-state index contributed by atoms with van der Waals surface area (Å²) in [4.78, 5) is 12.0. The number of anilines is 2. The first kappa shape index (κ1) is 14.2. The van der Waals surface area contributed by atoms with Gasteiger partial charge in [0.2, 0.25) is 0 Å². The second-order valence-electron chi connectivity index (χ2n) is 5.64. The zero-order valence-corrected chi connectivity index (χ0v) is 14.7. The Labute approximate surface area is 141 Å². The van der Waals surface area contributed by atoms with Crippen molar-refractivity contribution < 1.29 is 0 Å². The monoisotopic (exact) mass is 373 g/mol. The minimum atomic E-state index is 0.825. The summed E-state index contributed by atoms with van der Waals surface area (Å²) in [5, 5.41) is 4.72. The third kappa shape index (κ3) is 2.52. The maximum Gasteiger partial charge on any atom is 0.143 e. The number of rotatable bonds is 2. The predicted molar refractivity (Wildman–Crippen MR) is 96.2 cm³/mol. The Bertz CT molecular complexity index is 839. The van der Waals surface area contributed by atoms with Crippen LogP contribution in [0.1, 0.15) is 29.1 Å². The Balaban J connectivity index is 1.85. The van der Waals surface area contributed by atoms with E-state index in [0.29, 0.717) is 0 Å². The Kier molecular flexibility index (Phi) is 3.62. The molecule has 112 valence electrons. The lowest BCUT2D eigenvalue weighted by atomic mass is 9.97. The van der Waals surface area contributed by atoms with Crippen LogP contribution in [0.3, 0.4) is 0 Å². The van der Waals surface area contributed by atoms with E-state index in [-0.39, 0.29) is 0 Å². The van der Waals surface area contributed by atoms with Gasteiger partial charge in [0, 0.05) is 15.0 Å². The molecule has 1 aromatic carbocycles. The average Bonchev–Trinajstić information content (AvgIpc) is 2.87. The van der Waals surface area contributed by atoms with E-state index < -0.39 is 0 Å². The molecule has 3 aromatic rings. The SMILES string of the molecule is Cc1nc(Nc2ccc(Br)cc2)c2c3c(sc2n1)CCCC3. The maximum atomic E-state index is 4.67. The van der Waals surface area contributed by atoms with Crippen LogP contribution in [0.5, 0.6) is 0 Å². The molecule has 1 aliphatic rings. The smallest absolute Gasteiger partial charge is 0.143 e. The minimum Gasteiger partial charge on any atom is -0.340 e. The van der Waals surface area contributed by atoms with Crippen molar-refractivity contribution in [3.8, 4) is 0 Å². The normalized spacial score (nSPS) is 14.1. The number of hydrogen-bond donors (Lipinski definition) is 1. The van der Waals surface area contributed by atoms with E-state index >= 15 is 0 Å². The van der Waals surface area contributed by atoms with Crippen LogP contribution in [-0.2, 0) is 12.8 Å². The van der Waals surface area contributed by atoms with E-state index in [9.17, 15) is 0 Å². The number of nitrogens with one attached hydrogen (secondary N) is 1. The molecule has 0 radical (unpaired) electrons. The molecule has 4 rings (SSSR count). The number of fused-ring (bicyclic) bond motifs is 3. The number of hydrogen-bond acceptors (Lipinski definition) is 4. The fraction of sp³-hybridized carbons (Fsp3) is 0.294. The van der Waals surface area contributed by atoms with E-state index in [2.05, 4.69) is 43.3 Å². The van der Waals surface area contributed by atoms with Gasteiger partial charge in [-0.05, 0) is 62.4 Å². The van der Waals surface area contributed by atoms with Gasteiger partial charge in [-0.15, -0.1) is 11.3 Å². The van der Waals surface area contributed by atoms with Crippen molar-refractivity contribution in [1.29, 1.82) is 0 Å². The van der Waals surface area contributed by atoms with E-state index in [1.165, 1.54) is 35.1 Å². The zero-order chi connectivity index (χ0) is 15.1. The molecule has 2 aromatic heterocycles. The molecule has 22 heavy (non-hydrogen) atoms. The van der Waals surface area contributed by atoms with Crippen molar-refractivity contribution in [2.45, 2.75) is 32.6 Å². The predicted octanol–water partition coefficient (Wildman–Crippen LogP) is 5.38. The lowest BCUT2D eigenvalue weighted by molar-refractivity contribution is 0.700. The molecule has 0 aliphatic heterocycles. The summed E-state index contributed by atoms with van der Waals surface area (Å²) in [7, 11) is 0. The maximum absolute atomic E-state index is 4.67. The number of benzene rings is 1. The van der Waals surface area contributed by atoms with Gasteiger partial charge in [-0.1, -0.05) is 15.9 Å². The van der Waals surface area contributed by atoms with Crippen molar-refractivity contribution in [2.75, 3.05) is 5.32 Å². The molecule has 1 aliphatic carbocycles. The molecule has 3 nitrogen and oxygen atoms in total. The van der Waals surface area contributed by atoms with E-state index in [1.54, 1.807) is 0 Å². The number of thiophene rings is 1. The van der Waals surface area contributed by atoms with Gasteiger partial charge in [0.15, 0.2) is 0 Å². The van der Waals surface area contributed by atoms with Gasteiger partial charge >= 0.3 is 0 Å². The molecule has 2 heterocycles. The summed E-state index contributed by atoms with van der Waals surface area (Å²) >= 11 is 5.32. The summed E-state index contributed by atoms with van der Waals surface area (Å²) in [6.45, 7) is 1.96. The molecule has 0 unspecified atom stereocenters. The highest BCUT2D eigenvalue weighted by atomic mass is 79.9. The van der Waals surface area contributed by atoms with Crippen molar-refractivity contribution in [3.05, 3.63) is 45.0 Å². The average molecular weight is 374 g/mol. The number of aryl methyl sites for hydroxylation is 3. The third-order valence-corrected chi connectivity index (χ3v) is 5.75. The van der Waals surface area contributed by atoms with Gasteiger partial charge in [0.05, 0.1) is 5.39 Å². The quantitative estimate of drug-likeness (QED) is 0.654. The summed E-state index contributed by atoms with van der Waals surface area (Å²) in [6, 6.07) is 8.20. The van der Waals surface area contributed by atoms with Gasteiger partial charge in [-0.2, -0.15) is 0 Å². The zero-order valence-electron chi connectivity index (χ0n) is 12.3. The Morgan fingerprint density at radius 3 is 2.68 bits per heavy atom. The van der Waals surface area contributed by atoms with Crippen LogP contribution in [0.25, 0.3) is 10.2 Å². The Hall–Kier alpha value is -1.46. The number of halogens is 1. The molecule has 0 bridgehead atoms. The highest BCUT2D eigenvalue weighted by Gasteiger charge is 2.20. The molecule has 0 atom stereocenters. The fourth-order valence-electron chi connectivity index (χ4n) is 3.02. The second-order valence-corrected chi connectivity index (χ2v) is 7.64. The van der Waals surface area contributed by atoms with E-state index in [1.807, 2.05) is 30.4 Å². The van der Waals surface area contributed by atoms with E-state index in [0.717, 1.165) is 33.1 Å². The van der Waals surface area contributed by atoms with Gasteiger partial charge in [-0.25, -0.2) is 9.97 Å². The van der Waals surface area contributed by atoms with Crippen molar-refractivity contribution >= 4 is 49.0 Å². The van der Waals surface area contributed by atoms with E-state index in [4.69, 9.17) is 0 Å². The largest absolute Gasteiger partial charge is 0.340 e. The minimum absolute atomic E-state index is 0.825. The molecule has 5 heteroatoms. The first-order valence-electron chi connectivity index (χ1n) is 7.52. The molecular weight excluding hydrogens is 358 g/mol. The molecule has 0 spiro atoms. The topological polar surface area (TPSA) is 37.8 Å². The summed E-state index contributed by atoms with van der Waals surface area (Å²) in [6.07, 6.45) is 4.90. The van der Waals surface area contributed by atoms with Crippen LogP contribution < -0.4 is 5.32 Å². The highest BCUT2D eigenvalue weighted by molar-refractivity contribution is 9.10. The fourth-order valence-corrected chi connectivity index (χ4v) is 4.60. The molecule has 0 saturated carbocycles. The van der Waals surface area contributed by atoms with Crippen LogP contribution in [-0.4, -0.2) is 9.97 Å². The van der Waals surface area contributed by atoms with Crippen molar-refractivity contribution in [2.24, 2.45) is 0 Å². The van der Waals surface area contributed by atoms with Crippen LogP contribution >= 0.6 is 27.3 Å². The summed E-state index contributed by atoms with van der Waals surface area (Å²) < 4.78 is 1.08. The standard InChI is InChI=1S/C17H16BrN3S/c1-10-19-16(21-12-8-6-11(18)7-9-12)15-13-4-2-3-5-14(13)22-17(15)20-10/h6-9H,2-5H2,1H3,(H,19,20,21). The van der Waals surface area contributed by atoms with Gasteiger partial charge < -0.3 is 5.32 Å². The molecule has 0 fully saturated rings. The van der Waals surface area contributed by atoms with Gasteiger partial charge in [-0.3, -0.25) is 0 Å². The van der Waals surface area contributed by atoms with Crippen LogP contribution in [0.15, 0.2) is 28.7 Å². The number of nitrogens with zero attached hydrogens (tertiary/aromatic N) is 2.